The number of aliphatic carboxylic acids is 1. The number of hydrogen-bond acceptors (Lipinski definition) is 5. The van der Waals surface area contributed by atoms with E-state index in [9.17, 15) is 9.90 Å². The van der Waals surface area contributed by atoms with E-state index in [-0.39, 0.29) is 6.42 Å². The van der Waals surface area contributed by atoms with E-state index in [0.717, 1.165) is 56.0 Å². The molecule has 2 aromatic carbocycles. The van der Waals surface area contributed by atoms with E-state index in [0.29, 0.717) is 6.61 Å². The third-order valence-corrected chi connectivity index (χ3v) is 7.34. The molecule has 33 heavy (non-hydrogen) atoms. The Morgan fingerprint density at radius 3 is 2.67 bits per heavy atom. The van der Waals surface area contributed by atoms with Crippen LogP contribution in [0.1, 0.15) is 28.0 Å². The maximum Gasteiger partial charge on any atom is 0.307 e. The molecular formula is C27H28N2O3S. The van der Waals surface area contributed by atoms with E-state index in [1.54, 1.807) is 11.3 Å². The lowest BCUT2D eigenvalue weighted by Gasteiger charge is -2.36. The van der Waals surface area contributed by atoms with E-state index < -0.39 is 5.97 Å². The zero-order chi connectivity index (χ0) is 22.6. The average molecular weight is 461 g/mol. The highest BCUT2D eigenvalue weighted by Gasteiger charge is 2.22. The number of hydrogen-bond donors (Lipinski definition) is 1. The van der Waals surface area contributed by atoms with Gasteiger partial charge in [0.05, 0.1) is 6.42 Å². The highest BCUT2D eigenvalue weighted by Crippen LogP contribution is 2.40. The van der Waals surface area contributed by atoms with Crippen LogP contribution in [0, 0.1) is 0 Å². The second kappa shape index (κ2) is 9.81. The van der Waals surface area contributed by atoms with Crippen LogP contribution in [0.5, 0.6) is 5.75 Å². The Morgan fingerprint density at radius 2 is 1.88 bits per heavy atom. The van der Waals surface area contributed by atoms with Crippen LogP contribution in [0.25, 0.3) is 5.57 Å². The third kappa shape index (κ3) is 4.97. The van der Waals surface area contributed by atoms with Gasteiger partial charge in [-0.2, -0.15) is 0 Å². The monoisotopic (exact) mass is 460 g/mol. The predicted molar refractivity (Wildman–Crippen MR) is 133 cm³/mol. The SMILES string of the molecule is O=C(O)Cc1ccc2c(c1)/C(=C/CCN1CCN(c3ccccc3)CC1)c1sccc1CO2. The van der Waals surface area contributed by atoms with Gasteiger partial charge in [-0.05, 0) is 53.3 Å². The fraction of sp³-hybridized carbons (Fsp3) is 0.296. The molecule has 5 nitrogen and oxygen atoms in total. The maximum absolute atomic E-state index is 11.3. The number of para-hydroxylation sites is 1. The molecule has 2 aliphatic heterocycles. The molecule has 0 spiro atoms. The standard InChI is InChI=1S/C27H28N2O3S/c30-26(31)18-20-8-9-25-24(17-20)23(27-21(19-32-25)10-16-33-27)7-4-11-28-12-14-29(15-13-28)22-5-2-1-3-6-22/h1-3,5-10,16-17H,4,11-15,18-19H2,(H,30,31)/b23-7-. The lowest BCUT2D eigenvalue weighted by atomic mass is 9.97. The first kappa shape index (κ1) is 21.7. The second-order valence-corrected chi connectivity index (χ2v) is 9.45. The van der Waals surface area contributed by atoms with Crippen LogP contribution in [0.15, 0.2) is 66.1 Å². The Hall–Kier alpha value is -3.09. The minimum Gasteiger partial charge on any atom is -0.488 e. The van der Waals surface area contributed by atoms with Crippen molar-refractivity contribution >= 4 is 28.6 Å². The summed E-state index contributed by atoms with van der Waals surface area (Å²) in [6.45, 7) is 5.77. The second-order valence-electron chi connectivity index (χ2n) is 8.54. The number of nitrogens with zero attached hydrogens (tertiary/aromatic N) is 2. The molecule has 6 heteroatoms. The van der Waals surface area contributed by atoms with Gasteiger partial charge in [0.1, 0.15) is 12.4 Å². The molecule has 1 aromatic heterocycles. The molecule has 0 radical (unpaired) electrons. The summed E-state index contributed by atoms with van der Waals surface area (Å²) in [5.41, 5.74) is 5.47. The fourth-order valence-corrected chi connectivity index (χ4v) is 5.59. The molecule has 0 saturated carbocycles. The molecule has 1 N–H and O–H groups in total. The van der Waals surface area contributed by atoms with E-state index >= 15 is 0 Å². The molecule has 0 bridgehead atoms. The minimum absolute atomic E-state index is 0.0174. The average Bonchev–Trinajstić information content (AvgIpc) is 3.25. The zero-order valence-corrected chi connectivity index (χ0v) is 19.4. The summed E-state index contributed by atoms with van der Waals surface area (Å²) >= 11 is 1.73. The molecule has 1 fully saturated rings. The van der Waals surface area contributed by atoms with E-state index in [2.05, 4.69) is 57.7 Å². The molecule has 3 aromatic rings. The zero-order valence-electron chi connectivity index (χ0n) is 18.6. The third-order valence-electron chi connectivity index (χ3n) is 6.35. The molecule has 3 heterocycles. The number of fused-ring (bicyclic) bond motifs is 2. The Labute approximate surface area is 198 Å². The minimum atomic E-state index is -0.818. The largest absolute Gasteiger partial charge is 0.488 e. The summed E-state index contributed by atoms with van der Waals surface area (Å²) in [6.07, 6.45) is 3.28. The van der Waals surface area contributed by atoms with Crippen molar-refractivity contribution in [1.29, 1.82) is 0 Å². The first-order valence-electron chi connectivity index (χ1n) is 11.4. The van der Waals surface area contributed by atoms with Gasteiger partial charge in [0.25, 0.3) is 0 Å². The highest BCUT2D eigenvalue weighted by molar-refractivity contribution is 7.11. The predicted octanol–water partition coefficient (Wildman–Crippen LogP) is 4.91. The van der Waals surface area contributed by atoms with Gasteiger partial charge in [-0.3, -0.25) is 9.69 Å². The first-order chi connectivity index (χ1) is 16.2. The Morgan fingerprint density at radius 1 is 1.06 bits per heavy atom. The number of carbonyl (C=O) groups is 1. The fourth-order valence-electron chi connectivity index (χ4n) is 4.62. The van der Waals surface area contributed by atoms with Gasteiger partial charge in [0, 0.05) is 54.4 Å². The van der Waals surface area contributed by atoms with Crippen LogP contribution in [0.2, 0.25) is 0 Å². The molecule has 1 saturated heterocycles. The number of rotatable bonds is 6. The van der Waals surface area contributed by atoms with Crippen LogP contribution in [0.3, 0.4) is 0 Å². The van der Waals surface area contributed by atoms with Gasteiger partial charge < -0.3 is 14.7 Å². The summed E-state index contributed by atoms with van der Waals surface area (Å²) in [5.74, 6) is 0.0109. The smallest absolute Gasteiger partial charge is 0.307 e. The molecule has 0 atom stereocenters. The summed E-state index contributed by atoms with van der Waals surface area (Å²) in [5, 5.41) is 11.3. The number of piperazine rings is 1. The highest BCUT2D eigenvalue weighted by atomic mass is 32.1. The normalized spacial score (nSPS) is 17.2. The Bertz CT molecular complexity index is 1150. The maximum atomic E-state index is 11.3. The molecule has 2 aliphatic rings. The summed E-state index contributed by atoms with van der Waals surface area (Å²) in [7, 11) is 0. The number of anilines is 1. The number of carboxylic acids is 1. The molecule has 0 amide bonds. The van der Waals surface area contributed by atoms with Crippen molar-refractivity contribution in [3.63, 3.8) is 0 Å². The lowest BCUT2D eigenvalue weighted by Crippen LogP contribution is -2.46. The number of benzene rings is 2. The Balaban J connectivity index is 1.31. The molecule has 170 valence electrons. The van der Waals surface area contributed by atoms with Gasteiger partial charge in [0.2, 0.25) is 0 Å². The van der Waals surface area contributed by atoms with Crippen molar-refractivity contribution in [3.8, 4) is 5.75 Å². The van der Waals surface area contributed by atoms with Gasteiger partial charge in [0.15, 0.2) is 0 Å². The van der Waals surface area contributed by atoms with Crippen molar-refractivity contribution in [1.82, 2.24) is 4.90 Å². The van der Waals surface area contributed by atoms with Crippen LogP contribution >= 0.6 is 11.3 Å². The van der Waals surface area contributed by atoms with E-state index in [1.807, 2.05) is 18.2 Å². The topological polar surface area (TPSA) is 53.0 Å². The van der Waals surface area contributed by atoms with Gasteiger partial charge in [-0.1, -0.05) is 30.3 Å². The van der Waals surface area contributed by atoms with Gasteiger partial charge in [-0.25, -0.2) is 0 Å². The molecule has 5 rings (SSSR count). The van der Waals surface area contributed by atoms with Crippen LogP contribution in [-0.4, -0.2) is 48.7 Å². The van der Waals surface area contributed by atoms with Crippen molar-refractivity contribution < 1.29 is 14.6 Å². The van der Waals surface area contributed by atoms with Gasteiger partial charge in [-0.15, -0.1) is 11.3 Å². The quantitative estimate of drug-likeness (QED) is 0.566. The Kier molecular flexibility index (Phi) is 6.46. The van der Waals surface area contributed by atoms with Crippen LogP contribution in [0.4, 0.5) is 5.69 Å². The first-order valence-corrected chi connectivity index (χ1v) is 12.3. The van der Waals surface area contributed by atoms with Crippen molar-refractivity contribution in [3.05, 3.63) is 87.6 Å². The molecule has 0 aliphatic carbocycles. The summed E-state index contributed by atoms with van der Waals surface area (Å²) in [4.78, 5) is 17.5. The summed E-state index contributed by atoms with van der Waals surface area (Å²) < 4.78 is 6.08. The summed E-state index contributed by atoms with van der Waals surface area (Å²) in [6, 6.07) is 18.5. The number of thiophene rings is 1. The number of carboxylic acid groups (broad SMARTS) is 1. The molecule has 0 unspecified atom stereocenters. The molecular weight excluding hydrogens is 432 g/mol. The van der Waals surface area contributed by atoms with Crippen molar-refractivity contribution in [2.24, 2.45) is 0 Å². The van der Waals surface area contributed by atoms with E-state index in [1.165, 1.54) is 21.7 Å². The number of ether oxygens (including phenoxy) is 1. The van der Waals surface area contributed by atoms with Crippen LogP contribution in [-0.2, 0) is 17.8 Å². The van der Waals surface area contributed by atoms with Crippen molar-refractivity contribution in [2.75, 3.05) is 37.6 Å². The van der Waals surface area contributed by atoms with Gasteiger partial charge >= 0.3 is 5.97 Å². The van der Waals surface area contributed by atoms with E-state index in [4.69, 9.17) is 4.74 Å². The lowest BCUT2D eigenvalue weighted by molar-refractivity contribution is -0.136. The van der Waals surface area contributed by atoms with Crippen LogP contribution < -0.4 is 9.64 Å². The van der Waals surface area contributed by atoms with Crippen molar-refractivity contribution in [2.45, 2.75) is 19.4 Å².